The summed E-state index contributed by atoms with van der Waals surface area (Å²) in [5.41, 5.74) is 7.59. The summed E-state index contributed by atoms with van der Waals surface area (Å²) in [4.78, 5) is 19.6. The van der Waals surface area contributed by atoms with Crippen LogP contribution in [0.3, 0.4) is 0 Å². The second-order valence-electron chi connectivity index (χ2n) is 12.4. The molecular formula is C44H27N5. The lowest BCUT2D eigenvalue weighted by Crippen LogP contribution is -1.97. The Morgan fingerprint density at radius 2 is 0.939 bits per heavy atom. The zero-order chi connectivity index (χ0) is 32.3. The van der Waals surface area contributed by atoms with Gasteiger partial charge in [0.15, 0.2) is 11.5 Å². The Bertz CT molecular complexity index is 2720. The Balaban J connectivity index is 1.22. The van der Waals surface area contributed by atoms with Gasteiger partial charge in [0.25, 0.3) is 0 Å². The van der Waals surface area contributed by atoms with E-state index in [4.69, 9.17) is 15.0 Å². The molecule has 0 fully saturated rings. The third kappa shape index (κ3) is 4.55. The zero-order valence-corrected chi connectivity index (χ0v) is 26.3. The van der Waals surface area contributed by atoms with Gasteiger partial charge in [0.2, 0.25) is 0 Å². The molecule has 49 heavy (non-hydrogen) atoms. The lowest BCUT2D eigenvalue weighted by molar-refractivity contribution is 1.13. The molecule has 0 N–H and O–H groups in total. The molecule has 5 heteroatoms. The quantitative estimate of drug-likeness (QED) is 0.183. The summed E-state index contributed by atoms with van der Waals surface area (Å²) in [6.45, 7) is 0. The molecule has 0 atom stereocenters. The maximum atomic E-state index is 5.30. The first-order chi connectivity index (χ1) is 24.3. The lowest BCUT2D eigenvalue weighted by atomic mass is 9.93. The molecule has 0 aliphatic rings. The van der Waals surface area contributed by atoms with Gasteiger partial charge in [-0.3, -0.25) is 4.98 Å². The van der Waals surface area contributed by atoms with Crippen LogP contribution < -0.4 is 0 Å². The van der Waals surface area contributed by atoms with E-state index in [0.717, 1.165) is 55.8 Å². The minimum atomic E-state index is 0.674. The Morgan fingerprint density at radius 1 is 0.429 bits per heavy atom. The Hall–Kier alpha value is -6.72. The molecule has 0 aliphatic heterocycles. The van der Waals surface area contributed by atoms with E-state index in [-0.39, 0.29) is 0 Å². The number of aromatic nitrogens is 5. The normalized spacial score (nSPS) is 11.7. The van der Waals surface area contributed by atoms with Gasteiger partial charge in [0, 0.05) is 40.8 Å². The summed E-state index contributed by atoms with van der Waals surface area (Å²) in [6.07, 6.45) is 7.47. The smallest absolute Gasteiger partial charge is 0.160 e. The first-order valence-corrected chi connectivity index (χ1v) is 16.4. The molecule has 0 radical (unpaired) electrons. The van der Waals surface area contributed by atoms with E-state index in [9.17, 15) is 0 Å². The van der Waals surface area contributed by atoms with Crippen LogP contribution in [0, 0.1) is 0 Å². The molecule has 228 valence electrons. The summed E-state index contributed by atoms with van der Waals surface area (Å²) >= 11 is 0. The fourth-order valence-corrected chi connectivity index (χ4v) is 7.16. The Kier molecular flexibility index (Phi) is 6.11. The number of imidazole rings is 1. The summed E-state index contributed by atoms with van der Waals surface area (Å²) in [7, 11) is 0. The highest BCUT2D eigenvalue weighted by Crippen LogP contribution is 2.39. The van der Waals surface area contributed by atoms with Crippen molar-refractivity contribution >= 4 is 48.7 Å². The van der Waals surface area contributed by atoms with Crippen LogP contribution in [0.25, 0.3) is 93.9 Å². The molecule has 3 aromatic heterocycles. The predicted octanol–water partition coefficient (Wildman–Crippen LogP) is 10.8. The van der Waals surface area contributed by atoms with Crippen LogP contribution >= 0.6 is 0 Å². The lowest BCUT2D eigenvalue weighted by Gasteiger charge is -2.15. The van der Waals surface area contributed by atoms with E-state index >= 15 is 0 Å². The number of fused-ring (bicyclic) bond motifs is 7. The molecule has 0 amide bonds. The molecule has 0 spiro atoms. The first kappa shape index (κ1) is 27.4. The van der Waals surface area contributed by atoms with Gasteiger partial charge in [0.05, 0.1) is 23.3 Å². The second kappa shape index (κ2) is 10.9. The highest BCUT2D eigenvalue weighted by atomic mass is 15.0. The number of nitrogens with zero attached hydrogens (tertiary/aromatic N) is 5. The monoisotopic (exact) mass is 625 g/mol. The molecule has 0 saturated carbocycles. The van der Waals surface area contributed by atoms with E-state index in [1.807, 2.05) is 16.8 Å². The third-order valence-electron chi connectivity index (χ3n) is 9.52. The minimum absolute atomic E-state index is 0.674. The Morgan fingerprint density at radius 3 is 1.51 bits per heavy atom. The molecule has 10 aromatic rings. The van der Waals surface area contributed by atoms with Crippen molar-refractivity contribution in [2.45, 2.75) is 0 Å². The highest BCUT2D eigenvalue weighted by molar-refractivity contribution is 6.15. The van der Waals surface area contributed by atoms with Gasteiger partial charge in [0.1, 0.15) is 0 Å². The molecule has 5 nitrogen and oxygen atoms in total. The average Bonchev–Trinajstić information content (AvgIpc) is 3.62. The van der Waals surface area contributed by atoms with Crippen molar-refractivity contribution in [3.63, 3.8) is 0 Å². The summed E-state index contributed by atoms with van der Waals surface area (Å²) in [5, 5.41) is 9.57. The average molecular weight is 626 g/mol. The van der Waals surface area contributed by atoms with Gasteiger partial charge in [-0.2, -0.15) is 0 Å². The van der Waals surface area contributed by atoms with Gasteiger partial charge in [-0.05, 0) is 61.3 Å². The molecule has 0 bridgehead atoms. The van der Waals surface area contributed by atoms with Gasteiger partial charge in [-0.25, -0.2) is 15.0 Å². The Labute approximate surface area is 281 Å². The van der Waals surface area contributed by atoms with Crippen LogP contribution in [0.5, 0.6) is 0 Å². The molecule has 7 aromatic carbocycles. The summed E-state index contributed by atoms with van der Waals surface area (Å²) in [6, 6.07) is 49.5. The number of benzene rings is 7. The standard InChI is InChI=1S/C44H27N5/c1-3-11-32-30(9-1)23-38(36-15-7-5-13-34(32)36)40-25-41(39-24-31-10-2-4-12-33(31)35-14-6-8-16-37(35)39)48-44(47-40)29-19-17-28(18-20-29)42-27-49-22-21-45-26-43(49)46-42/h1-27H. The van der Waals surface area contributed by atoms with Crippen LogP contribution in [-0.4, -0.2) is 24.3 Å². The highest BCUT2D eigenvalue weighted by Gasteiger charge is 2.17. The van der Waals surface area contributed by atoms with E-state index in [1.54, 1.807) is 12.4 Å². The van der Waals surface area contributed by atoms with Crippen LogP contribution in [0.15, 0.2) is 164 Å². The molecule has 0 saturated heterocycles. The maximum absolute atomic E-state index is 5.30. The fraction of sp³-hybridized carbons (Fsp3) is 0. The van der Waals surface area contributed by atoms with Crippen molar-refractivity contribution in [2.24, 2.45) is 0 Å². The molecular weight excluding hydrogens is 599 g/mol. The largest absolute Gasteiger partial charge is 0.304 e. The van der Waals surface area contributed by atoms with Crippen molar-refractivity contribution < 1.29 is 0 Å². The first-order valence-electron chi connectivity index (χ1n) is 16.4. The van der Waals surface area contributed by atoms with Crippen molar-refractivity contribution in [1.29, 1.82) is 0 Å². The zero-order valence-electron chi connectivity index (χ0n) is 26.3. The van der Waals surface area contributed by atoms with E-state index in [1.165, 1.54) is 32.3 Å². The number of hydrogen-bond donors (Lipinski definition) is 0. The van der Waals surface area contributed by atoms with Crippen LogP contribution in [0.1, 0.15) is 0 Å². The van der Waals surface area contributed by atoms with Crippen molar-refractivity contribution in [3.8, 4) is 45.2 Å². The summed E-state index contributed by atoms with van der Waals surface area (Å²) in [5.74, 6) is 0.674. The molecule has 0 aliphatic carbocycles. The van der Waals surface area contributed by atoms with Crippen LogP contribution in [0.2, 0.25) is 0 Å². The number of hydrogen-bond acceptors (Lipinski definition) is 4. The van der Waals surface area contributed by atoms with Gasteiger partial charge >= 0.3 is 0 Å². The number of rotatable bonds is 4. The van der Waals surface area contributed by atoms with Crippen LogP contribution in [-0.2, 0) is 0 Å². The fourth-order valence-electron chi connectivity index (χ4n) is 7.16. The summed E-state index contributed by atoms with van der Waals surface area (Å²) < 4.78 is 1.98. The third-order valence-corrected chi connectivity index (χ3v) is 9.52. The van der Waals surface area contributed by atoms with Gasteiger partial charge < -0.3 is 4.40 Å². The van der Waals surface area contributed by atoms with E-state index in [2.05, 4.69) is 145 Å². The van der Waals surface area contributed by atoms with E-state index in [0.29, 0.717) is 5.82 Å². The van der Waals surface area contributed by atoms with Crippen molar-refractivity contribution in [1.82, 2.24) is 24.3 Å². The molecule has 10 rings (SSSR count). The maximum Gasteiger partial charge on any atom is 0.160 e. The second-order valence-corrected chi connectivity index (χ2v) is 12.4. The molecule has 3 heterocycles. The van der Waals surface area contributed by atoms with Crippen LogP contribution in [0.4, 0.5) is 0 Å². The van der Waals surface area contributed by atoms with Crippen molar-refractivity contribution in [2.75, 3.05) is 0 Å². The SMILES string of the molecule is c1ccc2c(c1)cc(-c1cc(-c3cc4ccccc4c4ccccc34)nc(-c3ccc(-c4cn5ccncc5n4)cc3)n1)c1ccccc12. The van der Waals surface area contributed by atoms with E-state index < -0.39 is 0 Å². The van der Waals surface area contributed by atoms with Gasteiger partial charge in [-0.15, -0.1) is 0 Å². The van der Waals surface area contributed by atoms with Crippen molar-refractivity contribution in [3.05, 3.63) is 164 Å². The topological polar surface area (TPSA) is 56.0 Å². The minimum Gasteiger partial charge on any atom is -0.304 e. The molecule has 0 unspecified atom stereocenters. The predicted molar refractivity (Wildman–Crippen MR) is 200 cm³/mol. The van der Waals surface area contributed by atoms with Gasteiger partial charge in [-0.1, -0.05) is 121 Å².